The number of thioether (sulfide) groups is 1. The third-order valence-electron chi connectivity index (χ3n) is 7.34. The first kappa shape index (κ1) is 26.8. The minimum Gasteiger partial charge on any atom is -0.394 e. The summed E-state index contributed by atoms with van der Waals surface area (Å²) in [5.41, 5.74) is 1.85. The van der Waals surface area contributed by atoms with Crippen molar-refractivity contribution in [3.8, 4) is 0 Å². The Morgan fingerprint density at radius 2 is 2.00 bits per heavy atom. The van der Waals surface area contributed by atoms with Crippen LogP contribution in [0.15, 0.2) is 23.4 Å². The number of hydrogen-bond acceptors (Lipinski definition) is 10. The van der Waals surface area contributed by atoms with Crippen LogP contribution in [0.25, 0.3) is 11.2 Å². The van der Waals surface area contributed by atoms with Gasteiger partial charge in [-0.05, 0) is 44.4 Å². The Hall–Kier alpha value is -2.45. The highest BCUT2D eigenvalue weighted by Crippen LogP contribution is 2.46. The highest BCUT2D eigenvalue weighted by Gasteiger charge is 2.56. The summed E-state index contributed by atoms with van der Waals surface area (Å²) in [5, 5.41) is 22.3. The molecule has 6 atom stereocenters. The van der Waals surface area contributed by atoms with E-state index in [1.165, 1.54) is 6.07 Å². The Morgan fingerprint density at radius 1 is 1.18 bits per heavy atom. The Morgan fingerprint density at radius 3 is 2.77 bits per heavy atom. The number of nitrogens with zero attached hydrogens (tertiary/aromatic N) is 5. The van der Waals surface area contributed by atoms with E-state index in [9.17, 15) is 13.9 Å². The summed E-state index contributed by atoms with van der Waals surface area (Å²) in [6.07, 6.45) is 1.38. The molecule has 210 valence electrons. The average molecular weight is 563 g/mol. The molecule has 2 N–H and O–H groups in total. The largest absolute Gasteiger partial charge is 0.394 e. The van der Waals surface area contributed by atoms with Crippen molar-refractivity contribution >= 4 is 28.7 Å². The molecule has 3 aliphatic rings. The summed E-state index contributed by atoms with van der Waals surface area (Å²) >= 11 is 1.55. The number of rotatable bonds is 10. The van der Waals surface area contributed by atoms with Crippen LogP contribution in [0.1, 0.15) is 57.6 Å². The van der Waals surface area contributed by atoms with Gasteiger partial charge in [0.2, 0.25) is 0 Å². The van der Waals surface area contributed by atoms with E-state index in [0.29, 0.717) is 28.6 Å². The Bertz CT molecular complexity index is 1360. The maximum absolute atomic E-state index is 13.8. The van der Waals surface area contributed by atoms with E-state index in [-0.39, 0.29) is 49.5 Å². The van der Waals surface area contributed by atoms with Crippen LogP contribution in [0.2, 0.25) is 0 Å². The first-order chi connectivity index (χ1) is 18.8. The first-order valence-electron chi connectivity index (χ1n) is 13.3. The zero-order valence-corrected chi connectivity index (χ0v) is 22.8. The number of halogens is 2. The monoisotopic (exact) mass is 562 g/mol. The van der Waals surface area contributed by atoms with Crippen molar-refractivity contribution in [3.63, 3.8) is 0 Å². The third-order valence-corrected chi connectivity index (χ3v) is 8.40. The highest BCUT2D eigenvalue weighted by atomic mass is 32.2. The van der Waals surface area contributed by atoms with Gasteiger partial charge in [-0.15, -0.1) is 5.10 Å². The molecule has 2 aliphatic carbocycles. The minimum atomic E-state index is -0.853. The number of hydrogen-bond donors (Lipinski definition) is 2. The van der Waals surface area contributed by atoms with Crippen molar-refractivity contribution in [1.29, 1.82) is 0 Å². The van der Waals surface area contributed by atoms with Crippen molar-refractivity contribution in [1.82, 2.24) is 25.0 Å². The number of fused-ring (bicyclic) bond motifs is 2. The van der Waals surface area contributed by atoms with Gasteiger partial charge in [-0.3, -0.25) is 0 Å². The molecular formula is C26H32F2N6O4S. The number of aromatic nitrogens is 5. The molecule has 13 heteroatoms. The van der Waals surface area contributed by atoms with E-state index in [4.69, 9.17) is 24.2 Å². The fraction of sp³-hybridized carbons (Fsp3) is 0.615. The van der Waals surface area contributed by atoms with E-state index in [0.717, 1.165) is 30.2 Å². The van der Waals surface area contributed by atoms with Gasteiger partial charge in [-0.1, -0.05) is 30.0 Å². The average Bonchev–Trinajstić information content (AvgIpc) is 3.24. The molecule has 39 heavy (non-hydrogen) atoms. The van der Waals surface area contributed by atoms with Gasteiger partial charge in [-0.25, -0.2) is 23.4 Å². The summed E-state index contributed by atoms with van der Waals surface area (Å²) in [4.78, 5) is 9.57. The second kappa shape index (κ2) is 10.5. The molecule has 3 heterocycles. The Kier molecular flexibility index (Phi) is 7.21. The van der Waals surface area contributed by atoms with Crippen LogP contribution >= 0.6 is 11.8 Å². The van der Waals surface area contributed by atoms with Gasteiger partial charge in [0.25, 0.3) is 0 Å². The van der Waals surface area contributed by atoms with Crippen LogP contribution in [0.3, 0.4) is 0 Å². The molecule has 1 aromatic carbocycles. The topological polar surface area (TPSA) is 116 Å². The van der Waals surface area contributed by atoms with Crippen LogP contribution in [-0.2, 0) is 14.2 Å². The van der Waals surface area contributed by atoms with E-state index >= 15 is 0 Å². The zero-order valence-electron chi connectivity index (χ0n) is 22.0. The lowest BCUT2D eigenvalue weighted by Gasteiger charge is -2.23. The summed E-state index contributed by atoms with van der Waals surface area (Å²) in [6, 6.07) is 3.80. The molecular weight excluding hydrogens is 530 g/mol. The normalized spacial score (nSPS) is 29.2. The lowest BCUT2D eigenvalue weighted by molar-refractivity contribution is -0.171. The predicted octanol–water partition coefficient (Wildman–Crippen LogP) is 3.81. The predicted molar refractivity (Wildman–Crippen MR) is 140 cm³/mol. The van der Waals surface area contributed by atoms with Gasteiger partial charge in [0.05, 0.1) is 25.4 Å². The quantitative estimate of drug-likeness (QED) is 0.279. The van der Waals surface area contributed by atoms with Crippen LogP contribution in [0.5, 0.6) is 0 Å². The SMILES string of the molecule is CCCSc1nc(NC2C[C@H]2c2ccc(F)c(F)c2)c2nnn([C@@H]3C[C@H](OCCO)C4OC(C)(C)OC43)c2n1. The molecule has 6 rings (SSSR count). The van der Waals surface area contributed by atoms with E-state index in [1.807, 2.05) is 13.8 Å². The van der Waals surface area contributed by atoms with Crippen molar-refractivity contribution < 1.29 is 28.1 Å². The summed E-state index contributed by atoms with van der Waals surface area (Å²) in [5.74, 6) is -1.03. The number of benzene rings is 1. The minimum absolute atomic E-state index is 0.00150. The molecule has 2 saturated carbocycles. The number of ether oxygens (including phenoxy) is 3. The molecule has 10 nitrogen and oxygen atoms in total. The molecule has 3 unspecified atom stereocenters. The number of aliphatic hydroxyl groups excluding tert-OH is 1. The lowest BCUT2D eigenvalue weighted by Crippen LogP contribution is -2.31. The molecule has 1 saturated heterocycles. The van der Waals surface area contributed by atoms with Crippen LogP contribution in [0.4, 0.5) is 14.6 Å². The molecule has 0 spiro atoms. The smallest absolute Gasteiger partial charge is 0.191 e. The third kappa shape index (κ3) is 5.22. The molecule has 1 aliphatic heterocycles. The highest BCUT2D eigenvalue weighted by molar-refractivity contribution is 7.99. The van der Waals surface area contributed by atoms with E-state index in [2.05, 4.69) is 22.6 Å². The second-order valence-corrected chi connectivity index (χ2v) is 11.7. The van der Waals surface area contributed by atoms with Crippen molar-refractivity contribution in [2.45, 2.75) is 87.3 Å². The maximum atomic E-state index is 13.8. The van der Waals surface area contributed by atoms with Gasteiger partial charge in [0.15, 0.2) is 39.6 Å². The van der Waals surface area contributed by atoms with Gasteiger partial charge < -0.3 is 24.6 Å². The van der Waals surface area contributed by atoms with Crippen molar-refractivity contribution in [2.24, 2.45) is 0 Å². The van der Waals surface area contributed by atoms with E-state index < -0.39 is 17.4 Å². The van der Waals surface area contributed by atoms with Crippen molar-refractivity contribution in [2.75, 3.05) is 24.3 Å². The van der Waals surface area contributed by atoms with Crippen LogP contribution in [-0.4, -0.2) is 79.2 Å². The number of anilines is 1. The summed E-state index contributed by atoms with van der Waals surface area (Å²) in [6.45, 7) is 5.96. The summed E-state index contributed by atoms with van der Waals surface area (Å²) < 4.78 is 47.4. The lowest BCUT2D eigenvalue weighted by atomic mass is 10.1. The fourth-order valence-electron chi connectivity index (χ4n) is 5.55. The molecule has 2 aromatic heterocycles. The van der Waals surface area contributed by atoms with Gasteiger partial charge in [0.1, 0.15) is 12.2 Å². The Balaban J connectivity index is 1.31. The van der Waals surface area contributed by atoms with E-state index in [1.54, 1.807) is 22.5 Å². The number of aliphatic hydroxyl groups is 1. The van der Waals surface area contributed by atoms with Crippen LogP contribution < -0.4 is 5.32 Å². The molecule has 3 aromatic rings. The zero-order chi connectivity index (χ0) is 27.3. The number of nitrogens with one attached hydrogen (secondary N) is 1. The van der Waals surface area contributed by atoms with Crippen LogP contribution in [0, 0.1) is 11.6 Å². The fourth-order valence-corrected chi connectivity index (χ4v) is 6.24. The standard InChI is InChI=1S/C26H32F2N6O4S/c1-4-9-39-25-30-23(29-17-11-14(17)13-5-6-15(27)16(28)10-13)20-24(31-25)34(33-32-20)18-12-19(36-8-7-35)22-21(18)37-26(2,3)38-22/h5-6,10,14,17-19,21-22,35H,4,7-9,11-12H2,1-3H3,(H,29,30,31)/t14-,17?,18+,19-,21?,22?/m0/s1. The molecule has 3 fully saturated rings. The Labute approximate surface area is 228 Å². The van der Waals surface area contributed by atoms with Gasteiger partial charge in [-0.2, -0.15) is 0 Å². The molecule has 0 bridgehead atoms. The van der Waals surface area contributed by atoms with Gasteiger partial charge in [0, 0.05) is 24.1 Å². The summed E-state index contributed by atoms with van der Waals surface area (Å²) in [7, 11) is 0. The van der Waals surface area contributed by atoms with Crippen molar-refractivity contribution in [3.05, 3.63) is 35.4 Å². The maximum Gasteiger partial charge on any atom is 0.191 e. The molecule has 0 radical (unpaired) electrons. The first-order valence-corrected chi connectivity index (χ1v) is 14.3. The molecule has 0 amide bonds. The second-order valence-electron chi connectivity index (χ2n) is 10.7. The van der Waals surface area contributed by atoms with Gasteiger partial charge >= 0.3 is 0 Å².